The Bertz CT molecular complexity index is 1810. The van der Waals surface area contributed by atoms with Gasteiger partial charge < -0.3 is 19.6 Å². The van der Waals surface area contributed by atoms with Crippen molar-refractivity contribution in [1.29, 1.82) is 0 Å². The molecule has 0 radical (unpaired) electrons. The van der Waals surface area contributed by atoms with Gasteiger partial charge in [0.15, 0.2) is 0 Å². The molecule has 0 amide bonds. The zero-order valence-corrected chi connectivity index (χ0v) is 33.7. The highest BCUT2D eigenvalue weighted by molar-refractivity contribution is 6.57. The van der Waals surface area contributed by atoms with E-state index in [0.717, 1.165) is 30.7 Å². The lowest BCUT2D eigenvalue weighted by atomic mass is 10.0. The maximum absolute atomic E-state index is 6.31. The standard InChI is InChI=1S/C28H28N.4C6H6O.Al/c1-5-13-25(14-6-1)21-29(22-26-15-7-2-8-16-26,23-27-17-9-3-10-18-27)24-28-19-11-4-12-20-28;4*7-6-4-2-1-3-5-6;/h1-20H,21-24H2;4*1-5,7H;/q+1;;;;;+3/p-4. The number of quaternary nitrogens is 1. The number of nitrogens with zero attached hydrogens (tertiary/aromatic N) is 1. The molecule has 288 valence electrons. The van der Waals surface area contributed by atoms with Crippen molar-refractivity contribution in [3.8, 4) is 23.0 Å². The lowest BCUT2D eigenvalue weighted by Crippen LogP contribution is -2.60. The van der Waals surface area contributed by atoms with Crippen molar-refractivity contribution in [3.05, 3.63) is 265 Å². The lowest BCUT2D eigenvalue weighted by Gasteiger charge is -2.39. The summed E-state index contributed by atoms with van der Waals surface area (Å²) in [7, 11) is 0. The van der Waals surface area contributed by atoms with Crippen LogP contribution in [0.1, 0.15) is 22.3 Å². The molecule has 0 heterocycles. The topological polar surface area (TPSA) is 36.9 Å². The molecule has 8 rings (SSSR count). The third-order valence-corrected chi connectivity index (χ3v) is 11.8. The minimum Gasteiger partial charge on any atom is -0.697 e. The first kappa shape index (κ1) is 39.7. The van der Waals surface area contributed by atoms with Gasteiger partial charge in [-0.2, -0.15) is 0 Å². The second kappa shape index (κ2) is 20.6. The maximum atomic E-state index is 6.31. The highest BCUT2D eigenvalue weighted by Crippen LogP contribution is 2.29. The zero-order valence-electron chi connectivity index (χ0n) is 32.6. The summed E-state index contributed by atoms with van der Waals surface area (Å²) in [6, 6.07) is 81.4. The Labute approximate surface area is 346 Å². The third kappa shape index (κ3) is 12.2. The molecule has 0 unspecified atom stereocenters. The maximum Gasteiger partial charge on any atom is 1.21 e. The van der Waals surface area contributed by atoms with Crippen molar-refractivity contribution in [2.24, 2.45) is 0 Å². The van der Waals surface area contributed by atoms with Gasteiger partial charge in [-0.05, 0) is 48.5 Å². The average Bonchev–Trinajstić information content (AvgIpc) is 3.27. The van der Waals surface area contributed by atoms with Crippen LogP contribution in [0.15, 0.2) is 243 Å². The summed E-state index contributed by atoms with van der Waals surface area (Å²) in [4.78, 5) is 0. The van der Waals surface area contributed by atoms with Crippen molar-refractivity contribution in [2.75, 3.05) is 0 Å². The Morgan fingerprint density at radius 2 is 0.414 bits per heavy atom. The molecular weight excluding hydrogens is 730 g/mol. The highest BCUT2D eigenvalue weighted by atomic mass is 27.3. The molecule has 0 bridgehead atoms. The van der Waals surface area contributed by atoms with Crippen LogP contribution < -0.4 is 15.2 Å². The van der Waals surface area contributed by atoms with E-state index in [2.05, 4.69) is 121 Å². The van der Waals surface area contributed by atoms with Crippen LogP contribution in [0, 0.1) is 0 Å². The molecule has 0 fully saturated rings. The Morgan fingerprint density at radius 3 is 0.603 bits per heavy atom. The normalized spacial score (nSPS) is 11.0. The average molecular weight is 778 g/mol. The van der Waals surface area contributed by atoms with E-state index in [0.29, 0.717) is 23.0 Å². The fourth-order valence-corrected chi connectivity index (χ4v) is 9.28. The zero-order chi connectivity index (χ0) is 39.6. The van der Waals surface area contributed by atoms with E-state index in [4.69, 9.17) is 15.2 Å². The first-order valence-electron chi connectivity index (χ1n) is 19.7. The van der Waals surface area contributed by atoms with Crippen molar-refractivity contribution in [1.82, 2.24) is 0 Å². The minimum atomic E-state index is -4.13. The monoisotopic (exact) mass is 777 g/mol. The van der Waals surface area contributed by atoms with Gasteiger partial charge >= 0.3 is 14.4 Å². The van der Waals surface area contributed by atoms with Gasteiger partial charge in [-0.1, -0.05) is 194 Å². The van der Waals surface area contributed by atoms with E-state index in [1.807, 2.05) is 121 Å². The van der Waals surface area contributed by atoms with E-state index < -0.39 is 14.4 Å². The Kier molecular flexibility index (Phi) is 14.1. The second-order valence-electron chi connectivity index (χ2n) is 14.2. The molecule has 0 saturated carbocycles. The van der Waals surface area contributed by atoms with Gasteiger partial charge in [-0.15, -0.1) is 0 Å². The largest absolute Gasteiger partial charge is 1.21 e. The fourth-order valence-electron chi connectivity index (χ4n) is 7.03. The first-order valence-corrected chi connectivity index (χ1v) is 21.6. The quantitative estimate of drug-likeness (QED) is 0.0723. The Balaban J connectivity index is 0.000000177. The summed E-state index contributed by atoms with van der Waals surface area (Å²) in [6.07, 6.45) is 0. The van der Waals surface area contributed by atoms with E-state index >= 15 is 0 Å². The van der Waals surface area contributed by atoms with E-state index in [1.165, 1.54) is 22.3 Å². The van der Waals surface area contributed by atoms with Crippen LogP contribution in [-0.4, -0.2) is 18.9 Å². The summed E-state index contributed by atoms with van der Waals surface area (Å²) in [6.45, 7) is 4.00. The smallest absolute Gasteiger partial charge is 0.697 e. The summed E-state index contributed by atoms with van der Waals surface area (Å²) < 4.78 is 26.2. The van der Waals surface area contributed by atoms with Gasteiger partial charge in [0.25, 0.3) is 0 Å². The molecule has 0 aliphatic carbocycles. The molecule has 0 aromatic heterocycles. The molecule has 0 N–H and O–H groups in total. The van der Waals surface area contributed by atoms with Crippen LogP contribution in [0.3, 0.4) is 0 Å². The van der Waals surface area contributed by atoms with Gasteiger partial charge in [0.2, 0.25) is 0 Å². The van der Waals surface area contributed by atoms with Crippen molar-refractivity contribution in [2.45, 2.75) is 26.2 Å². The van der Waals surface area contributed by atoms with E-state index in [9.17, 15) is 0 Å². The van der Waals surface area contributed by atoms with Gasteiger partial charge in [-0.25, -0.2) is 0 Å². The molecule has 0 spiro atoms. The number of rotatable bonds is 16. The molecule has 0 aliphatic rings. The molecular formula is C52H48AlNO4. The molecule has 8 aromatic carbocycles. The van der Waals surface area contributed by atoms with Gasteiger partial charge in [0.05, 0.1) is 23.0 Å². The summed E-state index contributed by atoms with van der Waals surface area (Å²) in [5.74, 6) is 2.45. The van der Waals surface area contributed by atoms with E-state index in [1.54, 1.807) is 0 Å². The van der Waals surface area contributed by atoms with Crippen LogP contribution in [0.25, 0.3) is 0 Å². The molecule has 0 aliphatic heterocycles. The third-order valence-electron chi connectivity index (χ3n) is 9.54. The van der Waals surface area contributed by atoms with Crippen LogP contribution in [0.4, 0.5) is 0 Å². The van der Waals surface area contributed by atoms with Crippen LogP contribution in [-0.2, 0) is 26.2 Å². The van der Waals surface area contributed by atoms with Gasteiger partial charge in [-0.3, -0.25) is 0 Å². The lowest BCUT2D eigenvalue weighted by molar-refractivity contribution is -0.978. The number of hydrogen-bond donors (Lipinski definition) is 0. The molecule has 6 heteroatoms. The summed E-state index contributed by atoms with van der Waals surface area (Å²) >= 11 is -4.13. The summed E-state index contributed by atoms with van der Waals surface area (Å²) in [5.41, 5.74) is 5.54. The SMILES string of the molecule is c1ccc(C[N+](Cc2ccccc2)(Cc2ccccc2)Cc2ccccc2)cc1.c1ccc([O][Al-]([O]c2ccccc2)([O]c2ccccc2)[O]c2ccccc2)cc1. The van der Waals surface area contributed by atoms with Crippen molar-refractivity contribution < 1.29 is 19.6 Å². The highest BCUT2D eigenvalue weighted by Gasteiger charge is 2.64. The molecule has 0 atom stereocenters. The Hall–Kier alpha value is -6.55. The molecule has 8 aromatic rings. The Morgan fingerprint density at radius 1 is 0.241 bits per heavy atom. The first-order chi connectivity index (χ1) is 28.6. The van der Waals surface area contributed by atoms with Crippen molar-refractivity contribution >= 4 is 14.4 Å². The summed E-state index contributed by atoms with van der Waals surface area (Å²) in [5, 5.41) is 0. The minimum absolute atomic E-state index is 0.611. The number of hydrogen-bond acceptors (Lipinski definition) is 4. The molecule has 0 saturated heterocycles. The second-order valence-corrected chi connectivity index (χ2v) is 16.3. The predicted octanol–water partition coefficient (Wildman–Crippen LogP) is 12.3. The van der Waals surface area contributed by atoms with Gasteiger partial charge in [0.1, 0.15) is 26.2 Å². The molecule has 5 nitrogen and oxygen atoms in total. The van der Waals surface area contributed by atoms with Crippen LogP contribution >= 0.6 is 0 Å². The van der Waals surface area contributed by atoms with E-state index in [-0.39, 0.29) is 0 Å². The molecule has 58 heavy (non-hydrogen) atoms. The van der Waals surface area contributed by atoms with Crippen molar-refractivity contribution in [3.63, 3.8) is 0 Å². The predicted molar refractivity (Wildman–Crippen MR) is 235 cm³/mol. The number of benzene rings is 8. The van der Waals surface area contributed by atoms with Crippen LogP contribution in [0.5, 0.6) is 23.0 Å². The van der Waals surface area contributed by atoms with Gasteiger partial charge in [0, 0.05) is 22.3 Å². The fraction of sp³-hybridized carbons (Fsp3) is 0.0769. The number of para-hydroxylation sites is 4. The van der Waals surface area contributed by atoms with Crippen LogP contribution in [0.2, 0.25) is 0 Å².